The third kappa shape index (κ3) is 5.92. The summed E-state index contributed by atoms with van der Waals surface area (Å²) in [6, 6.07) is 13.2. The van der Waals surface area contributed by atoms with Gasteiger partial charge >= 0.3 is 5.69 Å². The van der Waals surface area contributed by atoms with E-state index in [1.54, 1.807) is 12.1 Å². The molecule has 1 saturated heterocycles. The Kier molecular flexibility index (Phi) is 7.78. The predicted molar refractivity (Wildman–Crippen MR) is 119 cm³/mol. The second kappa shape index (κ2) is 10.7. The molecule has 0 atom stereocenters. The second-order valence-electron chi connectivity index (χ2n) is 7.57. The van der Waals surface area contributed by atoms with Gasteiger partial charge in [-0.05, 0) is 29.7 Å². The highest BCUT2D eigenvalue weighted by Crippen LogP contribution is 2.39. The van der Waals surface area contributed by atoms with Crippen LogP contribution >= 0.6 is 0 Å². The van der Waals surface area contributed by atoms with Gasteiger partial charge in [-0.25, -0.2) is 0 Å². The molecule has 0 bridgehead atoms. The van der Waals surface area contributed by atoms with E-state index in [0.29, 0.717) is 43.0 Å². The number of rotatable bonds is 9. The molecule has 1 fully saturated rings. The third-order valence-corrected chi connectivity index (χ3v) is 5.22. The zero-order valence-electron chi connectivity index (χ0n) is 18.0. The Labute approximate surface area is 182 Å². The largest absolute Gasteiger partial charge is 0.493 e. The van der Waals surface area contributed by atoms with E-state index in [0.717, 1.165) is 19.4 Å². The van der Waals surface area contributed by atoms with E-state index >= 15 is 0 Å². The smallest absolute Gasteiger partial charge is 0.315 e. The Balaban J connectivity index is 1.86. The number of unbranched alkanes of at least 4 members (excludes halogenated alkanes) is 1. The first-order chi connectivity index (χ1) is 15.0. The van der Waals surface area contributed by atoms with Gasteiger partial charge in [-0.2, -0.15) is 0 Å². The highest BCUT2D eigenvalue weighted by molar-refractivity contribution is 6.00. The summed E-state index contributed by atoms with van der Waals surface area (Å²) in [5.74, 6) is 0.486. The Morgan fingerprint density at radius 3 is 2.68 bits per heavy atom. The molecule has 0 spiro atoms. The number of nitrogens with zero attached hydrogens (tertiary/aromatic N) is 2. The van der Waals surface area contributed by atoms with Crippen LogP contribution in [0.1, 0.15) is 37.3 Å². The number of nitro benzene ring substituents is 1. The molecule has 164 valence electrons. The zero-order valence-corrected chi connectivity index (χ0v) is 18.0. The van der Waals surface area contributed by atoms with Crippen molar-refractivity contribution in [3.05, 3.63) is 69.3 Å². The number of likely N-dealkylation sites (tertiary alicyclic amines) is 1. The normalized spacial score (nSPS) is 15.8. The van der Waals surface area contributed by atoms with E-state index in [9.17, 15) is 14.9 Å². The molecule has 7 nitrogen and oxygen atoms in total. The topological polar surface area (TPSA) is 81.9 Å². The van der Waals surface area contributed by atoms with Gasteiger partial charge in [0.05, 0.1) is 18.6 Å². The molecule has 0 radical (unpaired) electrons. The monoisotopic (exact) mass is 424 g/mol. The van der Waals surface area contributed by atoms with E-state index < -0.39 is 4.92 Å². The molecule has 3 rings (SSSR count). The standard InChI is InChI=1S/C24H28N2O5/c1-3-4-12-31-24-21(26(28)29)14-19(15-23(24)30-2)13-20-17-25(11-10-22(20)27)16-18-8-6-5-7-9-18/h5-9,13-15H,3-4,10-12,16-17H2,1-2H3/b20-13+. The van der Waals surface area contributed by atoms with Gasteiger partial charge in [0.25, 0.3) is 0 Å². The van der Waals surface area contributed by atoms with E-state index in [-0.39, 0.29) is 17.2 Å². The summed E-state index contributed by atoms with van der Waals surface area (Å²) in [7, 11) is 1.45. The van der Waals surface area contributed by atoms with Crippen molar-refractivity contribution in [1.29, 1.82) is 0 Å². The molecular formula is C24H28N2O5. The number of piperidine rings is 1. The molecule has 0 aromatic heterocycles. The van der Waals surface area contributed by atoms with Crippen molar-refractivity contribution in [3.8, 4) is 11.5 Å². The number of carbonyl (C=O) groups is 1. The summed E-state index contributed by atoms with van der Waals surface area (Å²) in [5, 5.41) is 11.7. The predicted octanol–water partition coefficient (Wildman–Crippen LogP) is 4.64. The Morgan fingerprint density at radius 1 is 1.23 bits per heavy atom. The number of Topliss-reactive ketones (excluding diaryl/α,β-unsaturated/α-hetero) is 1. The maximum Gasteiger partial charge on any atom is 0.315 e. The van der Waals surface area contributed by atoms with Gasteiger partial charge in [0, 0.05) is 37.7 Å². The summed E-state index contributed by atoms with van der Waals surface area (Å²) in [6.07, 6.45) is 3.86. The summed E-state index contributed by atoms with van der Waals surface area (Å²) in [4.78, 5) is 25.9. The van der Waals surface area contributed by atoms with Crippen LogP contribution in [0.4, 0.5) is 5.69 Å². The van der Waals surface area contributed by atoms with Crippen molar-refractivity contribution in [2.24, 2.45) is 0 Å². The molecule has 7 heteroatoms. The molecule has 0 unspecified atom stereocenters. The number of ether oxygens (including phenoxy) is 2. The highest BCUT2D eigenvalue weighted by Gasteiger charge is 2.24. The van der Waals surface area contributed by atoms with E-state index in [1.807, 2.05) is 25.1 Å². The van der Waals surface area contributed by atoms with Crippen molar-refractivity contribution < 1.29 is 19.2 Å². The quantitative estimate of drug-likeness (QED) is 0.252. The van der Waals surface area contributed by atoms with Gasteiger partial charge in [-0.1, -0.05) is 43.7 Å². The van der Waals surface area contributed by atoms with Gasteiger partial charge in [-0.3, -0.25) is 19.8 Å². The Hall–Kier alpha value is -3.19. The van der Waals surface area contributed by atoms with Crippen LogP contribution in [0, 0.1) is 10.1 Å². The fraction of sp³-hybridized carbons (Fsp3) is 0.375. The molecule has 0 N–H and O–H groups in total. The number of ketones is 1. The van der Waals surface area contributed by atoms with Crippen molar-refractivity contribution in [3.63, 3.8) is 0 Å². The van der Waals surface area contributed by atoms with Crippen LogP contribution < -0.4 is 9.47 Å². The number of benzene rings is 2. The third-order valence-electron chi connectivity index (χ3n) is 5.22. The minimum absolute atomic E-state index is 0.0641. The molecular weight excluding hydrogens is 396 g/mol. The minimum Gasteiger partial charge on any atom is -0.493 e. The summed E-state index contributed by atoms with van der Waals surface area (Å²) in [6.45, 7) is 4.34. The van der Waals surface area contributed by atoms with E-state index in [1.165, 1.54) is 18.7 Å². The van der Waals surface area contributed by atoms with Crippen molar-refractivity contribution >= 4 is 17.5 Å². The lowest BCUT2D eigenvalue weighted by Gasteiger charge is -2.28. The first kappa shape index (κ1) is 22.5. The molecule has 0 saturated carbocycles. The Bertz CT molecular complexity index is 956. The van der Waals surface area contributed by atoms with Crippen LogP contribution in [0.25, 0.3) is 6.08 Å². The first-order valence-corrected chi connectivity index (χ1v) is 10.5. The summed E-state index contributed by atoms with van der Waals surface area (Å²) < 4.78 is 11.0. The van der Waals surface area contributed by atoms with Gasteiger partial charge in [0.2, 0.25) is 5.75 Å². The average Bonchev–Trinajstić information content (AvgIpc) is 2.77. The SMILES string of the molecule is CCCCOc1c(OC)cc(/C=C2\CN(Cc3ccccc3)CCC2=O)cc1[N+](=O)[O-]. The molecule has 1 heterocycles. The average molecular weight is 424 g/mol. The van der Waals surface area contributed by atoms with Crippen LogP contribution in [-0.2, 0) is 11.3 Å². The fourth-order valence-corrected chi connectivity index (χ4v) is 3.57. The number of carbonyl (C=O) groups excluding carboxylic acids is 1. The molecule has 1 aliphatic heterocycles. The van der Waals surface area contributed by atoms with Crippen LogP contribution in [0.15, 0.2) is 48.0 Å². The van der Waals surface area contributed by atoms with Crippen molar-refractivity contribution in [2.75, 3.05) is 26.8 Å². The van der Waals surface area contributed by atoms with Gasteiger partial charge in [0.15, 0.2) is 11.5 Å². The maximum absolute atomic E-state index is 12.5. The second-order valence-corrected chi connectivity index (χ2v) is 7.57. The van der Waals surface area contributed by atoms with Crippen molar-refractivity contribution in [2.45, 2.75) is 32.7 Å². The molecule has 0 amide bonds. The van der Waals surface area contributed by atoms with Crippen LogP contribution in [-0.4, -0.2) is 42.4 Å². The number of methoxy groups -OCH3 is 1. The van der Waals surface area contributed by atoms with Gasteiger partial charge < -0.3 is 9.47 Å². The van der Waals surface area contributed by atoms with Crippen LogP contribution in [0.3, 0.4) is 0 Å². The molecule has 2 aromatic carbocycles. The van der Waals surface area contributed by atoms with Crippen molar-refractivity contribution in [1.82, 2.24) is 4.90 Å². The maximum atomic E-state index is 12.5. The number of hydrogen-bond donors (Lipinski definition) is 0. The van der Waals surface area contributed by atoms with Gasteiger partial charge in [0.1, 0.15) is 0 Å². The lowest BCUT2D eigenvalue weighted by Crippen LogP contribution is -2.35. The van der Waals surface area contributed by atoms with Crippen LogP contribution in [0.2, 0.25) is 0 Å². The highest BCUT2D eigenvalue weighted by atomic mass is 16.6. The van der Waals surface area contributed by atoms with Crippen LogP contribution in [0.5, 0.6) is 11.5 Å². The molecule has 31 heavy (non-hydrogen) atoms. The number of hydrogen-bond acceptors (Lipinski definition) is 6. The zero-order chi connectivity index (χ0) is 22.2. The summed E-state index contributed by atoms with van der Waals surface area (Å²) >= 11 is 0. The lowest BCUT2D eigenvalue weighted by molar-refractivity contribution is -0.386. The van der Waals surface area contributed by atoms with E-state index in [4.69, 9.17) is 9.47 Å². The summed E-state index contributed by atoms with van der Waals surface area (Å²) in [5.41, 5.74) is 2.21. The van der Waals surface area contributed by atoms with Gasteiger partial charge in [-0.15, -0.1) is 0 Å². The minimum atomic E-state index is -0.476. The number of nitro groups is 1. The molecule has 2 aromatic rings. The lowest BCUT2D eigenvalue weighted by atomic mass is 9.99. The van der Waals surface area contributed by atoms with E-state index in [2.05, 4.69) is 17.0 Å². The Morgan fingerprint density at radius 2 is 2.00 bits per heavy atom. The first-order valence-electron chi connectivity index (χ1n) is 10.5. The molecule has 1 aliphatic rings. The molecule has 0 aliphatic carbocycles. The fourth-order valence-electron chi connectivity index (χ4n) is 3.57.